The van der Waals surface area contributed by atoms with Gasteiger partial charge in [-0.05, 0) is 5.56 Å². The molecule has 2 atom stereocenters. The second-order valence-corrected chi connectivity index (χ2v) is 6.07. The summed E-state index contributed by atoms with van der Waals surface area (Å²) in [5.74, 6) is -0.434. The summed E-state index contributed by atoms with van der Waals surface area (Å²) in [4.78, 5) is 36.5. The zero-order chi connectivity index (χ0) is 16.1. The van der Waals surface area contributed by atoms with Crippen LogP contribution in [-0.2, 0) is 14.4 Å². The Morgan fingerprint density at radius 2 is 2.05 bits per heavy atom. The molecule has 118 valence electrons. The topological polar surface area (TPSA) is 86.7 Å². The Morgan fingerprint density at radius 1 is 1.36 bits per heavy atom. The van der Waals surface area contributed by atoms with E-state index in [0.717, 1.165) is 5.56 Å². The maximum atomic E-state index is 12.4. The van der Waals surface area contributed by atoms with Gasteiger partial charge in [0.25, 0.3) is 0 Å². The molecule has 1 aromatic rings. The molecular formula is C15H18N2O4S. The van der Waals surface area contributed by atoms with Gasteiger partial charge in [-0.25, -0.2) is 0 Å². The van der Waals surface area contributed by atoms with Crippen LogP contribution in [0.4, 0.5) is 0 Å². The molecule has 22 heavy (non-hydrogen) atoms. The van der Waals surface area contributed by atoms with Gasteiger partial charge in [0.2, 0.25) is 11.8 Å². The summed E-state index contributed by atoms with van der Waals surface area (Å²) >= 11 is 1.51. The zero-order valence-corrected chi connectivity index (χ0v) is 13.0. The lowest BCUT2D eigenvalue weighted by Crippen LogP contribution is -2.47. The average Bonchev–Trinajstić information content (AvgIpc) is 2.96. The third-order valence-corrected chi connectivity index (χ3v) is 4.50. The van der Waals surface area contributed by atoms with Gasteiger partial charge in [0.15, 0.2) is 0 Å². The van der Waals surface area contributed by atoms with Crippen molar-refractivity contribution in [3.8, 4) is 0 Å². The van der Waals surface area contributed by atoms with Crippen molar-refractivity contribution in [3.05, 3.63) is 35.9 Å². The molecule has 2 unspecified atom stereocenters. The Bertz CT molecular complexity index is 564. The van der Waals surface area contributed by atoms with E-state index in [1.807, 2.05) is 6.07 Å². The van der Waals surface area contributed by atoms with Crippen LogP contribution in [0.25, 0.3) is 0 Å². The van der Waals surface area contributed by atoms with Crippen LogP contribution in [0, 0.1) is 0 Å². The largest absolute Gasteiger partial charge is 0.481 e. The summed E-state index contributed by atoms with van der Waals surface area (Å²) in [6.45, 7) is 1.43. The molecule has 0 aromatic heterocycles. The van der Waals surface area contributed by atoms with Crippen LogP contribution in [0.5, 0.6) is 0 Å². The standard InChI is InChI=1S/C15H18N2O4S/c1-10(18)17-9-22-8-13(17)15(21)16-12(7-14(19)20)11-5-3-2-4-6-11/h2-6,12-13H,7-9H2,1H3,(H,16,21)(H,19,20). The molecule has 1 aliphatic rings. The molecule has 0 bridgehead atoms. The van der Waals surface area contributed by atoms with Crippen molar-refractivity contribution in [1.29, 1.82) is 0 Å². The van der Waals surface area contributed by atoms with E-state index >= 15 is 0 Å². The van der Waals surface area contributed by atoms with Crippen molar-refractivity contribution in [2.45, 2.75) is 25.4 Å². The molecule has 1 saturated heterocycles. The summed E-state index contributed by atoms with van der Waals surface area (Å²) in [7, 11) is 0. The highest BCUT2D eigenvalue weighted by Gasteiger charge is 2.34. The first-order valence-electron chi connectivity index (χ1n) is 6.91. The number of nitrogens with zero attached hydrogens (tertiary/aromatic N) is 1. The van der Waals surface area contributed by atoms with Gasteiger partial charge in [0.05, 0.1) is 18.3 Å². The molecule has 2 amide bonds. The van der Waals surface area contributed by atoms with E-state index in [0.29, 0.717) is 11.6 Å². The molecule has 1 aliphatic heterocycles. The number of aliphatic carboxylic acids is 1. The van der Waals surface area contributed by atoms with E-state index in [1.165, 1.54) is 23.6 Å². The number of benzene rings is 1. The highest BCUT2D eigenvalue weighted by molar-refractivity contribution is 7.99. The number of carboxylic acid groups (broad SMARTS) is 1. The SMILES string of the molecule is CC(=O)N1CSCC1C(=O)NC(CC(=O)O)c1ccccc1. The fourth-order valence-corrected chi connectivity index (χ4v) is 3.57. The van der Waals surface area contributed by atoms with Gasteiger partial charge in [0, 0.05) is 12.7 Å². The van der Waals surface area contributed by atoms with E-state index in [-0.39, 0.29) is 18.2 Å². The first kappa shape index (κ1) is 16.4. The number of nitrogens with one attached hydrogen (secondary N) is 1. The fourth-order valence-electron chi connectivity index (χ4n) is 2.35. The van der Waals surface area contributed by atoms with Crippen LogP contribution < -0.4 is 5.32 Å². The summed E-state index contributed by atoms with van der Waals surface area (Å²) in [6, 6.07) is 7.83. The van der Waals surface area contributed by atoms with E-state index < -0.39 is 18.1 Å². The Morgan fingerprint density at radius 3 is 2.64 bits per heavy atom. The van der Waals surface area contributed by atoms with E-state index in [1.54, 1.807) is 24.3 Å². The Kier molecular flexibility index (Phi) is 5.43. The van der Waals surface area contributed by atoms with Crippen LogP contribution in [0.3, 0.4) is 0 Å². The minimum atomic E-state index is -0.988. The van der Waals surface area contributed by atoms with Gasteiger partial charge in [-0.15, -0.1) is 11.8 Å². The third kappa shape index (κ3) is 4.00. The monoisotopic (exact) mass is 322 g/mol. The number of carboxylic acids is 1. The van der Waals surface area contributed by atoms with Gasteiger partial charge < -0.3 is 15.3 Å². The van der Waals surface area contributed by atoms with Crippen molar-refractivity contribution in [1.82, 2.24) is 10.2 Å². The summed E-state index contributed by atoms with van der Waals surface area (Å²) in [5.41, 5.74) is 0.735. The number of carbonyl (C=O) groups is 3. The lowest BCUT2D eigenvalue weighted by atomic mass is 10.0. The maximum Gasteiger partial charge on any atom is 0.305 e. The smallest absolute Gasteiger partial charge is 0.305 e. The van der Waals surface area contributed by atoms with Crippen molar-refractivity contribution >= 4 is 29.5 Å². The molecule has 0 aliphatic carbocycles. The average molecular weight is 322 g/mol. The van der Waals surface area contributed by atoms with Crippen LogP contribution in [0.1, 0.15) is 24.9 Å². The molecule has 0 spiro atoms. The lowest BCUT2D eigenvalue weighted by molar-refractivity contribution is -0.139. The highest BCUT2D eigenvalue weighted by atomic mass is 32.2. The number of rotatable bonds is 5. The minimum Gasteiger partial charge on any atom is -0.481 e. The van der Waals surface area contributed by atoms with Crippen molar-refractivity contribution < 1.29 is 19.5 Å². The molecule has 1 fully saturated rings. The van der Waals surface area contributed by atoms with E-state index in [4.69, 9.17) is 5.11 Å². The molecule has 2 N–H and O–H groups in total. The Hall–Kier alpha value is -2.02. The molecule has 0 saturated carbocycles. The first-order valence-corrected chi connectivity index (χ1v) is 8.06. The minimum absolute atomic E-state index is 0.153. The zero-order valence-electron chi connectivity index (χ0n) is 12.2. The maximum absolute atomic E-state index is 12.4. The predicted molar refractivity (Wildman–Crippen MR) is 83.2 cm³/mol. The molecular weight excluding hydrogens is 304 g/mol. The summed E-state index contributed by atoms with van der Waals surface area (Å²) in [6.07, 6.45) is -0.199. The van der Waals surface area contributed by atoms with E-state index in [9.17, 15) is 14.4 Å². The number of amides is 2. The fraction of sp³-hybridized carbons (Fsp3) is 0.400. The number of carbonyl (C=O) groups excluding carboxylic acids is 2. The van der Waals surface area contributed by atoms with Gasteiger partial charge in [-0.1, -0.05) is 30.3 Å². The van der Waals surface area contributed by atoms with Gasteiger partial charge >= 0.3 is 5.97 Å². The van der Waals surface area contributed by atoms with Gasteiger partial charge in [-0.3, -0.25) is 14.4 Å². The summed E-state index contributed by atoms with van der Waals surface area (Å²) in [5, 5.41) is 11.8. The summed E-state index contributed by atoms with van der Waals surface area (Å²) < 4.78 is 0. The molecule has 2 rings (SSSR count). The Balaban J connectivity index is 2.11. The lowest BCUT2D eigenvalue weighted by Gasteiger charge is -2.24. The number of hydrogen-bond donors (Lipinski definition) is 2. The van der Waals surface area contributed by atoms with Crippen LogP contribution in [0.15, 0.2) is 30.3 Å². The quantitative estimate of drug-likeness (QED) is 0.852. The second-order valence-electron chi connectivity index (χ2n) is 5.07. The molecule has 0 radical (unpaired) electrons. The molecule has 1 heterocycles. The van der Waals surface area contributed by atoms with Crippen LogP contribution in [0.2, 0.25) is 0 Å². The van der Waals surface area contributed by atoms with Crippen molar-refractivity contribution in [3.63, 3.8) is 0 Å². The van der Waals surface area contributed by atoms with Crippen molar-refractivity contribution in [2.75, 3.05) is 11.6 Å². The highest BCUT2D eigenvalue weighted by Crippen LogP contribution is 2.23. The predicted octanol–water partition coefficient (Wildman–Crippen LogP) is 1.24. The normalized spacial score (nSPS) is 18.8. The number of thioether (sulfide) groups is 1. The van der Waals surface area contributed by atoms with Crippen LogP contribution in [-0.4, -0.2) is 45.5 Å². The second kappa shape index (κ2) is 7.31. The Labute approximate surface area is 132 Å². The first-order chi connectivity index (χ1) is 10.5. The van der Waals surface area contributed by atoms with Crippen molar-refractivity contribution in [2.24, 2.45) is 0 Å². The van der Waals surface area contributed by atoms with Gasteiger partial charge in [-0.2, -0.15) is 0 Å². The molecule has 1 aromatic carbocycles. The number of hydrogen-bond acceptors (Lipinski definition) is 4. The third-order valence-electron chi connectivity index (χ3n) is 3.49. The molecule has 6 nitrogen and oxygen atoms in total. The van der Waals surface area contributed by atoms with Crippen LogP contribution >= 0.6 is 11.8 Å². The van der Waals surface area contributed by atoms with E-state index in [2.05, 4.69) is 5.32 Å². The van der Waals surface area contributed by atoms with Gasteiger partial charge in [0.1, 0.15) is 6.04 Å². The molecule has 7 heteroatoms.